The molecule has 8 heteroatoms. The van der Waals surface area contributed by atoms with E-state index < -0.39 is 19.2 Å². The van der Waals surface area contributed by atoms with Crippen molar-refractivity contribution in [1.29, 1.82) is 0 Å². The van der Waals surface area contributed by atoms with Gasteiger partial charge in [-0.15, -0.1) is 0 Å². The molecule has 1 atom stereocenters. The zero-order chi connectivity index (χ0) is 22.8. The summed E-state index contributed by atoms with van der Waals surface area (Å²) in [6, 6.07) is 13.6. The number of para-hydroxylation sites is 1. The molecule has 33 heavy (non-hydrogen) atoms. The molecular formula is C25H26BNO6. The highest BCUT2D eigenvalue weighted by Crippen LogP contribution is 2.43. The molecule has 5 rings (SSSR count). The summed E-state index contributed by atoms with van der Waals surface area (Å²) in [5.41, 5.74) is 4.86. The zero-order valence-corrected chi connectivity index (χ0v) is 18.2. The minimum absolute atomic E-state index is 0.0616. The summed E-state index contributed by atoms with van der Waals surface area (Å²) in [5, 5.41) is 23.0. The summed E-state index contributed by atoms with van der Waals surface area (Å²) in [5.74, 6) is -0.935. The molecule has 1 aromatic heterocycles. The van der Waals surface area contributed by atoms with Crippen molar-refractivity contribution in [3.05, 3.63) is 77.1 Å². The van der Waals surface area contributed by atoms with Gasteiger partial charge in [0.1, 0.15) is 12.2 Å². The van der Waals surface area contributed by atoms with Crippen molar-refractivity contribution in [2.24, 2.45) is 0 Å². The van der Waals surface area contributed by atoms with Gasteiger partial charge >= 0.3 is 13.2 Å². The average Bonchev–Trinajstić information content (AvgIpc) is 3.39. The van der Waals surface area contributed by atoms with Gasteiger partial charge in [-0.1, -0.05) is 42.5 Å². The molecule has 2 aliphatic rings. The fourth-order valence-electron chi connectivity index (χ4n) is 4.80. The van der Waals surface area contributed by atoms with Crippen LogP contribution in [0.2, 0.25) is 0 Å². The minimum Gasteiger partial charge on any atom is -0.464 e. The minimum atomic E-state index is -1.74. The number of amides is 1. The Kier molecular flexibility index (Phi) is 5.97. The molecule has 2 aromatic carbocycles. The van der Waals surface area contributed by atoms with Crippen LogP contribution in [0.1, 0.15) is 35.1 Å². The summed E-state index contributed by atoms with van der Waals surface area (Å²) in [7, 11) is -1.74. The lowest BCUT2D eigenvalue weighted by Gasteiger charge is -2.33. The molecule has 0 radical (unpaired) electrons. The largest absolute Gasteiger partial charge is 0.475 e. The number of furan rings is 1. The normalized spacial score (nSPS) is 17.2. The predicted octanol–water partition coefficient (Wildman–Crippen LogP) is 3.36. The number of ether oxygens (including phenoxy) is 2. The molecule has 170 valence electrons. The third kappa shape index (κ3) is 4.42. The first-order chi connectivity index (χ1) is 16.0. The van der Waals surface area contributed by atoms with Crippen LogP contribution in [0.5, 0.6) is 0 Å². The van der Waals surface area contributed by atoms with Crippen molar-refractivity contribution in [2.45, 2.75) is 37.2 Å². The van der Waals surface area contributed by atoms with Crippen LogP contribution in [0.4, 0.5) is 4.79 Å². The summed E-state index contributed by atoms with van der Waals surface area (Å²) in [6.45, 7) is 1.62. The monoisotopic (exact) mass is 447 g/mol. The summed E-state index contributed by atoms with van der Waals surface area (Å²) in [6.07, 6.45) is 7.41. The molecule has 0 unspecified atom stereocenters. The smallest absolute Gasteiger partial charge is 0.464 e. The van der Waals surface area contributed by atoms with Gasteiger partial charge in [-0.2, -0.15) is 0 Å². The number of allylic oxidation sites excluding steroid dienone is 1. The number of rotatable bonds is 6. The zero-order valence-electron chi connectivity index (χ0n) is 18.2. The molecule has 1 aliphatic heterocycles. The molecule has 2 heterocycles. The van der Waals surface area contributed by atoms with Gasteiger partial charge in [-0.3, -0.25) is 0 Å². The van der Waals surface area contributed by atoms with Crippen LogP contribution in [0.25, 0.3) is 17.0 Å². The molecule has 3 aromatic rings. The van der Waals surface area contributed by atoms with E-state index in [1.54, 1.807) is 6.26 Å². The second-order valence-corrected chi connectivity index (χ2v) is 8.73. The Morgan fingerprint density at radius 1 is 1.18 bits per heavy atom. The Hall–Kier alpha value is -3.07. The highest BCUT2D eigenvalue weighted by Gasteiger charge is 2.36. The lowest BCUT2D eigenvalue weighted by atomic mass is 9.76. The van der Waals surface area contributed by atoms with E-state index in [1.807, 2.05) is 36.4 Å². The Morgan fingerprint density at radius 2 is 2.00 bits per heavy atom. The van der Waals surface area contributed by atoms with Crippen molar-refractivity contribution in [3.8, 4) is 0 Å². The number of benzene rings is 2. The van der Waals surface area contributed by atoms with Gasteiger partial charge in [-0.25, -0.2) is 4.79 Å². The number of alkyl carbamates (subject to hydrolysis) is 1. The number of hydrogen-bond donors (Lipinski definition) is 3. The second kappa shape index (κ2) is 9.06. The van der Waals surface area contributed by atoms with E-state index in [2.05, 4.69) is 23.5 Å². The summed E-state index contributed by atoms with van der Waals surface area (Å²) >= 11 is 0. The summed E-state index contributed by atoms with van der Waals surface area (Å²) < 4.78 is 16.4. The fraction of sp³-hybridized carbons (Fsp3) is 0.320. The molecular weight excluding hydrogens is 421 g/mol. The highest BCUT2D eigenvalue weighted by molar-refractivity contribution is 6.43. The van der Waals surface area contributed by atoms with Gasteiger partial charge in [0.25, 0.3) is 0 Å². The number of fused-ring (bicyclic) bond motifs is 3. The van der Waals surface area contributed by atoms with Crippen molar-refractivity contribution >= 4 is 30.3 Å². The molecule has 1 aliphatic carbocycles. The molecule has 0 bridgehead atoms. The Bertz CT molecular complexity index is 1180. The van der Waals surface area contributed by atoms with E-state index in [0.717, 1.165) is 48.1 Å². The lowest BCUT2D eigenvalue weighted by molar-refractivity contribution is 0.0662. The van der Waals surface area contributed by atoms with Crippen molar-refractivity contribution in [1.82, 2.24) is 5.32 Å². The first-order valence-electron chi connectivity index (χ1n) is 11.2. The first-order valence-corrected chi connectivity index (χ1v) is 11.2. The number of carbonyl (C=O) groups excluding carboxylic acids is 1. The third-order valence-electron chi connectivity index (χ3n) is 6.65. The van der Waals surface area contributed by atoms with Gasteiger partial charge in [0, 0.05) is 24.0 Å². The molecule has 1 amide bonds. The van der Waals surface area contributed by atoms with E-state index >= 15 is 0 Å². The summed E-state index contributed by atoms with van der Waals surface area (Å²) in [4.78, 5) is 12.4. The van der Waals surface area contributed by atoms with Crippen LogP contribution in [-0.4, -0.2) is 42.4 Å². The Labute approximate surface area is 192 Å². The van der Waals surface area contributed by atoms with Crippen LogP contribution in [-0.2, 0) is 27.9 Å². The van der Waals surface area contributed by atoms with E-state index in [-0.39, 0.29) is 18.4 Å². The number of hydrogen-bond acceptors (Lipinski definition) is 6. The maximum atomic E-state index is 12.4. The number of nitrogens with one attached hydrogen (secondary N) is 1. The lowest BCUT2D eigenvalue weighted by Crippen LogP contribution is -2.48. The van der Waals surface area contributed by atoms with E-state index in [1.165, 1.54) is 5.56 Å². The standard InChI is InChI=1S/C25H26BNO6/c28-24(27-23(26(29)30)14-19-16-32-22-4-2-1-3-20(19)22)33-15-17-5-6-21-18(13-17)7-8-25(21)9-11-31-12-10-25/h1-8,13,16,23,29-30H,9-12,14-15H2,(H,27,28)/t23-/m0/s1. The number of carbonyl (C=O) groups is 1. The quantitative estimate of drug-likeness (QED) is 0.501. The third-order valence-corrected chi connectivity index (χ3v) is 6.65. The van der Waals surface area contributed by atoms with Gasteiger partial charge in [-0.05, 0) is 53.6 Å². The van der Waals surface area contributed by atoms with E-state index in [4.69, 9.17) is 13.9 Å². The topological polar surface area (TPSA) is 101 Å². The van der Waals surface area contributed by atoms with Gasteiger partial charge in [0.2, 0.25) is 0 Å². The van der Waals surface area contributed by atoms with Crippen LogP contribution in [0, 0.1) is 0 Å². The molecule has 1 fully saturated rings. The van der Waals surface area contributed by atoms with Gasteiger partial charge < -0.3 is 29.3 Å². The van der Waals surface area contributed by atoms with Crippen LogP contribution in [0.15, 0.2) is 59.2 Å². The maximum Gasteiger partial charge on any atom is 0.475 e. The van der Waals surface area contributed by atoms with Gasteiger partial charge in [0.15, 0.2) is 0 Å². The second-order valence-electron chi connectivity index (χ2n) is 8.73. The Balaban J connectivity index is 1.20. The molecule has 7 nitrogen and oxygen atoms in total. The van der Waals surface area contributed by atoms with Crippen molar-refractivity contribution in [3.63, 3.8) is 0 Å². The van der Waals surface area contributed by atoms with E-state index in [0.29, 0.717) is 5.58 Å². The molecule has 3 N–H and O–H groups in total. The van der Waals surface area contributed by atoms with Crippen LogP contribution in [0.3, 0.4) is 0 Å². The van der Waals surface area contributed by atoms with Crippen LogP contribution < -0.4 is 5.32 Å². The SMILES string of the molecule is O=C(N[C@@H](Cc1coc2ccccc12)B(O)O)OCc1ccc2c(c1)C=CC21CCOCC1. The molecule has 1 spiro atoms. The molecule has 0 saturated carbocycles. The Morgan fingerprint density at radius 3 is 2.82 bits per heavy atom. The van der Waals surface area contributed by atoms with Crippen molar-refractivity contribution in [2.75, 3.05) is 13.2 Å². The maximum absolute atomic E-state index is 12.4. The van der Waals surface area contributed by atoms with Crippen LogP contribution >= 0.6 is 0 Å². The average molecular weight is 447 g/mol. The fourth-order valence-corrected chi connectivity index (χ4v) is 4.80. The highest BCUT2D eigenvalue weighted by atomic mass is 16.5. The van der Waals surface area contributed by atoms with E-state index in [9.17, 15) is 14.8 Å². The molecule has 1 saturated heterocycles. The van der Waals surface area contributed by atoms with Crippen molar-refractivity contribution < 1.29 is 28.7 Å². The predicted molar refractivity (Wildman–Crippen MR) is 124 cm³/mol. The van der Waals surface area contributed by atoms with Gasteiger partial charge in [0.05, 0.1) is 12.2 Å². The first kappa shape index (κ1) is 21.8.